The van der Waals surface area contributed by atoms with E-state index in [1.54, 1.807) is 0 Å². The predicted octanol–water partition coefficient (Wildman–Crippen LogP) is 2.19. The summed E-state index contributed by atoms with van der Waals surface area (Å²) in [4.78, 5) is 0. The second-order valence-electron chi connectivity index (χ2n) is 2.63. The van der Waals surface area contributed by atoms with Gasteiger partial charge < -0.3 is 5.11 Å². The van der Waals surface area contributed by atoms with Crippen LogP contribution in [0.15, 0.2) is 0 Å². The minimum atomic E-state index is 0.365. The highest BCUT2D eigenvalue weighted by Crippen LogP contribution is 2.05. The molecule has 0 aliphatic heterocycles. The van der Waals surface area contributed by atoms with Gasteiger partial charge in [0.2, 0.25) is 0 Å². The molecule has 0 aromatic heterocycles. The van der Waals surface area contributed by atoms with E-state index in [9.17, 15) is 0 Å². The van der Waals surface area contributed by atoms with Crippen LogP contribution in [0.1, 0.15) is 38.5 Å². The van der Waals surface area contributed by atoms with Gasteiger partial charge in [0, 0.05) is 6.61 Å². The van der Waals surface area contributed by atoms with E-state index in [4.69, 9.17) is 5.11 Å². The topological polar surface area (TPSA) is 20.2 Å². The molecule has 1 atom stereocenters. The fourth-order valence-corrected chi connectivity index (χ4v) is 1.25. The van der Waals surface area contributed by atoms with Crippen LogP contribution in [0.25, 0.3) is 0 Å². The standard InChI is InChI=1S/C8H19OP/c9-7-5-3-1-2-4-6-8-10/h9H,1-8,10H2. The third-order valence-electron chi connectivity index (χ3n) is 1.61. The van der Waals surface area contributed by atoms with Gasteiger partial charge in [-0.05, 0) is 19.0 Å². The number of hydrogen-bond acceptors (Lipinski definition) is 1. The highest BCUT2D eigenvalue weighted by atomic mass is 31.0. The van der Waals surface area contributed by atoms with E-state index in [1.807, 2.05) is 0 Å². The van der Waals surface area contributed by atoms with Gasteiger partial charge in [0.15, 0.2) is 0 Å². The van der Waals surface area contributed by atoms with E-state index in [1.165, 1.54) is 38.3 Å². The molecule has 0 bridgehead atoms. The van der Waals surface area contributed by atoms with Crippen LogP contribution in [0.2, 0.25) is 0 Å². The molecule has 62 valence electrons. The van der Waals surface area contributed by atoms with E-state index in [0.717, 1.165) is 6.42 Å². The monoisotopic (exact) mass is 162 g/mol. The number of hydrogen-bond donors (Lipinski definition) is 1. The molecule has 0 aliphatic rings. The van der Waals surface area contributed by atoms with Crippen molar-refractivity contribution in [3.63, 3.8) is 0 Å². The second kappa shape index (κ2) is 9.39. The van der Waals surface area contributed by atoms with Crippen molar-refractivity contribution in [2.75, 3.05) is 12.8 Å². The Morgan fingerprint density at radius 3 is 1.80 bits per heavy atom. The Kier molecular flexibility index (Phi) is 9.76. The zero-order valence-corrected chi connectivity index (χ0v) is 7.84. The van der Waals surface area contributed by atoms with Gasteiger partial charge in [-0.25, -0.2) is 0 Å². The Morgan fingerprint density at radius 1 is 0.800 bits per heavy atom. The summed E-state index contributed by atoms with van der Waals surface area (Å²) in [6, 6.07) is 0. The summed E-state index contributed by atoms with van der Waals surface area (Å²) in [5.74, 6) is 0. The van der Waals surface area contributed by atoms with Crippen molar-refractivity contribution in [3.8, 4) is 0 Å². The maximum atomic E-state index is 8.47. The minimum absolute atomic E-state index is 0.365. The van der Waals surface area contributed by atoms with Crippen molar-refractivity contribution in [2.24, 2.45) is 0 Å². The van der Waals surface area contributed by atoms with Gasteiger partial charge in [0.25, 0.3) is 0 Å². The molecule has 0 spiro atoms. The molecular formula is C8H19OP. The van der Waals surface area contributed by atoms with Gasteiger partial charge in [0.1, 0.15) is 0 Å². The zero-order valence-electron chi connectivity index (χ0n) is 6.68. The molecule has 2 heteroatoms. The van der Waals surface area contributed by atoms with Crippen LogP contribution in [0.4, 0.5) is 0 Å². The van der Waals surface area contributed by atoms with Gasteiger partial charge in [-0.3, -0.25) is 0 Å². The van der Waals surface area contributed by atoms with Crippen LogP contribution in [-0.2, 0) is 0 Å². The lowest BCUT2D eigenvalue weighted by Crippen LogP contribution is -1.83. The molecule has 0 aromatic carbocycles. The van der Waals surface area contributed by atoms with Gasteiger partial charge in [-0.2, -0.15) is 0 Å². The van der Waals surface area contributed by atoms with Crippen molar-refractivity contribution in [1.82, 2.24) is 0 Å². The first kappa shape index (κ1) is 10.4. The average molecular weight is 162 g/mol. The average Bonchev–Trinajstić information content (AvgIpc) is 1.97. The molecule has 1 nitrogen and oxygen atoms in total. The summed E-state index contributed by atoms with van der Waals surface area (Å²) >= 11 is 0. The third-order valence-corrected chi connectivity index (χ3v) is 2.02. The predicted molar refractivity (Wildman–Crippen MR) is 49.4 cm³/mol. The number of unbranched alkanes of at least 4 members (excludes halogenated alkanes) is 5. The molecule has 0 rings (SSSR count). The van der Waals surface area contributed by atoms with Crippen molar-refractivity contribution in [2.45, 2.75) is 38.5 Å². The zero-order chi connectivity index (χ0) is 7.66. The Labute approximate surface area is 66.4 Å². The number of aliphatic hydroxyl groups excluding tert-OH is 1. The molecule has 0 heterocycles. The smallest absolute Gasteiger partial charge is 0.0431 e. The fourth-order valence-electron chi connectivity index (χ4n) is 0.963. The first-order valence-corrected chi connectivity index (χ1v) is 5.04. The van der Waals surface area contributed by atoms with Crippen molar-refractivity contribution >= 4 is 9.24 Å². The highest BCUT2D eigenvalue weighted by Gasteiger charge is 1.88. The Morgan fingerprint density at radius 2 is 1.30 bits per heavy atom. The van der Waals surface area contributed by atoms with Crippen LogP contribution in [0.5, 0.6) is 0 Å². The van der Waals surface area contributed by atoms with E-state index in [0.29, 0.717) is 6.61 Å². The fraction of sp³-hybridized carbons (Fsp3) is 1.00. The van der Waals surface area contributed by atoms with E-state index in [2.05, 4.69) is 9.24 Å². The first-order chi connectivity index (χ1) is 4.91. The molecule has 1 unspecified atom stereocenters. The molecule has 0 aliphatic carbocycles. The van der Waals surface area contributed by atoms with Crippen molar-refractivity contribution in [1.29, 1.82) is 0 Å². The lowest BCUT2D eigenvalue weighted by Gasteiger charge is -1.97. The minimum Gasteiger partial charge on any atom is -0.396 e. The normalized spacial score (nSPS) is 10.2. The maximum Gasteiger partial charge on any atom is 0.0431 e. The quantitative estimate of drug-likeness (QED) is 0.449. The Hall–Kier alpha value is 0.390. The first-order valence-electron chi connectivity index (χ1n) is 4.22. The highest BCUT2D eigenvalue weighted by molar-refractivity contribution is 7.16. The van der Waals surface area contributed by atoms with Crippen LogP contribution in [0.3, 0.4) is 0 Å². The maximum absolute atomic E-state index is 8.47. The SMILES string of the molecule is OCCCCCCCCP. The van der Waals surface area contributed by atoms with Gasteiger partial charge in [-0.1, -0.05) is 25.7 Å². The van der Waals surface area contributed by atoms with Gasteiger partial charge in [-0.15, -0.1) is 9.24 Å². The van der Waals surface area contributed by atoms with Crippen molar-refractivity contribution < 1.29 is 5.11 Å². The van der Waals surface area contributed by atoms with Crippen LogP contribution >= 0.6 is 9.24 Å². The number of rotatable bonds is 7. The summed E-state index contributed by atoms with van der Waals surface area (Å²) in [6.45, 7) is 0.365. The summed E-state index contributed by atoms with van der Waals surface area (Å²) in [5, 5.41) is 8.47. The lowest BCUT2D eigenvalue weighted by atomic mass is 10.1. The molecule has 0 aromatic rings. The molecule has 0 saturated heterocycles. The summed E-state index contributed by atoms with van der Waals surface area (Å²) in [6.07, 6.45) is 8.76. The molecule has 0 saturated carbocycles. The molecule has 10 heavy (non-hydrogen) atoms. The summed E-state index contributed by atoms with van der Waals surface area (Å²) in [5.41, 5.74) is 0. The lowest BCUT2D eigenvalue weighted by molar-refractivity contribution is 0.282. The van der Waals surface area contributed by atoms with Gasteiger partial charge in [0.05, 0.1) is 0 Å². The summed E-state index contributed by atoms with van der Waals surface area (Å²) < 4.78 is 0. The van der Waals surface area contributed by atoms with Crippen LogP contribution in [-0.4, -0.2) is 17.9 Å². The third kappa shape index (κ3) is 8.39. The molecular weight excluding hydrogens is 143 g/mol. The second-order valence-corrected chi connectivity index (χ2v) is 3.21. The largest absolute Gasteiger partial charge is 0.396 e. The van der Waals surface area contributed by atoms with E-state index < -0.39 is 0 Å². The molecule has 0 amide bonds. The van der Waals surface area contributed by atoms with E-state index in [-0.39, 0.29) is 0 Å². The van der Waals surface area contributed by atoms with Crippen LogP contribution < -0.4 is 0 Å². The van der Waals surface area contributed by atoms with Crippen LogP contribution in [0, 0.1) is 0 Å². The molecule has 1 N–H and O–H groups in total. The Balaban J connectivity index is 2.65. The van der Waals surface area contributed by atoms with Gasteiger partial charge >= 0.3 is 0 Å². The number of aliphatic hydroxyl groups is 1. The molecule has 0 radical (unpaired) electrons. The summed E-state index contributed by atoms with van der Waals surface area (Å²) in [7, 11) is 2.75. The molecule has 0 fully saturated rings. The van der Waals surface area contributed by atoms with E-state index >= 15 is 0 Å². The Bertz CT molecular complexity index is 49.2. The van der Waals surface area contributed by atoms with Crippen molar-refractivity contribution in [3.05, 3.63) is 0 Å².